The number of likely N-dealkylation sites (tertiary alicyclic amines) is 1. The van der Waals surface area contributed by atoms with E-state index in [1.165, 1.54) is 17.8 Å². The molecule has 1 aliphatic heterocycles. The largest absolute Gasteiger partial charge is 0.481 e. The Hall–Kier alpha value is -1.56. The van der Waals surface area contributed by atoms with E-state index in [0.29, 0.717) is 23.5 Å². The minimum atomic E-state index is -0.842. The van der Waals surface area contributed by atoms with Crippen molar-refractivity contribution in [2.45, 2.75) is 37.1 Å². The van der Waals surface area contributed by atoms with E-state index < -0.39 is 11.9 Å². The average molecular weight is 325 g/mol. The van der Waals surface area contributed by atoms with Crippen molar-refractivity contribution in [2.75, 3.05) is 12.3 Å². The number of carboxylic acid groups (broad SMARTS) is 1. The van der Waals surface area contributed by atoms with Crippen LogP contribution in [0.25, 0.3) is 0 Å². The van der Waals surface area contributed by atoms with Crippen molar-refractivity contribution in [3.8, 4) is 0 Å². The van der Waals surface area contributed by atoms with Crippen LogP contribution in [0.2, 0.25) is 0 Å². The van der Waals surface area contributed by atoms with Crippen LogP contribution >= 0.6 is 11.8 Å². The number of carbonyl (C=O) groups is 2. The summed E-state index contributed by atoms with van der Waals surface area (Å²) in [7, 11) is 0. The molecule has 1 saturated heterocycles. The van der Waals surface area contributed by atoms with E-state index in [-0.39, 0.29) is 30.7 Å². The van der Waals surface area contributed by atoms with Crippen molar-refractivity contribution in [2.24, 2.45) is 5.92 Å². The third-order valence-corrected chi connectivity index (χ3v) is 5.01. The van der Waals surface area contributed by atoms with Crippen LogP contribution < -0.4 is 0 Å². The van der Waals surface area contributed by atoms with Crippen molar-refractivity contribution in [3.05, 3.63) is 30.1 Å². The normalized spacial score (nSPS) is 21.6. The lowest BCUT2D eigenvalue weighted by Crippen LogP contribution is -2.47. The van der Waals surface area contributed by atoms with Gasteiger partial charge in [-0.05, 0) is 31.9 Å². The summed E-state index contributed by atoms with van der Waals surface area (Å²) in [6.45, 7) is 2.22. The molecular formula is C16H20FNO3S. The zero-order valence-corrected chi connectivity index (χ0v) is 13.3. The molecule has 2 rings (SSSR count). The molecule has 4 nitrogen and oxygen atoms in total. The molecule has 120 valence electrons. The minimum Gasteiger partial charge on any atom is -0.481 e. The number of halogens is 1. The zero-order chi connectivity index (χ0) is 16.1. The molecule has 1 heterocycles. The first-order valence-electron chi connectivity index (χ1n) is 7.38. The van der Waals surface area contributed by atoms with Gasteiger partial charge in [0.2, 0.25) is 5.91 Å². The Bertz CT molecular complexity index is 552. The van der Waals surface area contributed by atoms with Crippen LogP contribution in [0.15, 0.2) is 29.2 Å². The molecule has 22 heavy (non-hydrogen) atoms. The van der Waals surface area contributed by atoms with E-state index in [0.717, 1.165) is 0 Å². The van der Waals surface area contributed by atoms with Gasteiger partial charge in [0.25, 0.3) is 0 Å². The number of aliphatic carboxylic acids is 1. The lowest BCUT2D eigenvalue weighted by molar-refractivity contribution is -0.147. The summed E-state index contributed by atoms with van der Waals surface area (Å²) in [6, 6.07) is 6.55. The summed E-state index contributed by atoms with van der Waals surface area (Å²) in [6.07, 6.45) is 1.61. The molecule has 1 aromatic rings. The van der Waals surface area contributed by atoms with Gasteiger partial charge in [-0.15, -0.1) is 11.8 Å². The average Bonchev–Trinajstić information content (AvgIpc) is 2.49. The molecule has 1 fully saturated rings. The fraction of sp³-hybridized carbons (Fsp3) is 0.500. The van der Waals surface area contributed by atoms with Crippen LogP contribution in [0.1, 0.15) is 26.2 Å². The van der Waals surface area contributed by atoms with Gasteiger partial charge in [-0.25, -0.2) is 4.39 Å². The van der Waals surface area contributed by atoms with E-state index in [2.05, 4.69) is 0 Å². The van der Waals surface area contributed by atoms with Crippen LogP contribution in [-0.4, -0.2) is 40.2 Å². The van der Waals surface area contributed by atoms with Crippen molar-refractivity contribution in [1.82, 2.24) is 4.90 Å². The maximum Gasteiger partial charge on any atom is 0.308 e. The third-order valence-electron chi connectivity index (χ3n) is 3.96. The smallest absolute Gasteiger partial charge is 0.308 e. The van der Waals surface area contributed by atoms with Gasteiger partial charge in [0.1, 0.15) is 5.82 Å². The van der Waals surface area contributed by atoms with Crippen molar-refractivity contribution < 1.29 is 19.1 Å². The highest BCUT2D eigenvalue weighted by Crippen LogP contribution is 2.25. The maximum absolute atomic E-state index is 13.5. The summed E-state index contributed by atoms with van der Waals surface area (Å²) in [5, 5.41) is 9.10. The monoisotopic (exact) mass is 325 g/mol. The molecule has 0 spiro atoms. The Labute approximate surface area is 133 Å². The number of carbonyl (C=O) groups excluding carboxylic acids is 1. The predicted molar refractivity (Wildman–Crippen MR) is 83.3 cm³/mol. The first-order chi connectivity index (χ1) is 10.5. The molecule has 0 saturated carbocycles. The quantitative estimate of drug-likeness (QED) is 0.846. The van der Waals surface area contributed by atoms with Gasteiger partial charge >= 0.3 is 5.97 Å². The molecule has 1 aliphatic rings. The highest BCUT2D eigenvalue weighted by molar-refractivity contribution is 7.99. The van der Waals surface area contributed by atoms with E-state index in [1.807, 2.05) is 6.92 Å². The zero-order valence-electron chi connectivity index (χ0n) is 12.5. The van der Waals surface area contributed by atoms with Gasteiger partial charge in [-0.1, -0.05) is 12.1 Å². The van der Waals surface area contributed by atoms with Gasteiger partial charge in [-0.2, -0.15) is 0 Å². The first kappa shape index (κ1) is 16.8. The Balaban J connectivity index is 1.86. The van der Waals surface area contributed by atoms with Gasteiger partial charge in [0.05, 0.1) is 5.92 Å². The number of piperidine rings is 1. The second-order valence-corrected chi connectivity index (χ2v) is 6.67. The molecule has 1 N–H and O–H groups in total. The van der Waals surface area contributed by atoms with Crippen LogP contribution in [0.5, 0.6) is 0 Å². The lowest BCUT2D eigenvalue weighted by atomic mass is 9.93. The molecule has 1 aromatic carbocycles. The molecular weight excluding hydrogens is 305 g/mol. The maximum atomic E-state index is 13.5. The van der Waals surface area contributed by atoms with Gasteiger partial charge < -0.3 is 10.0 Å². The van der Waals surface area contributed by atoms with E-state index in [9.17, 15) is 14.0 Å². The number of amides is 1. The number of nitrogens with zero attached hydrogens (tertiary/aromatic N) is 1. The van der Waals surface area contributed by atoms with Crippen molar-refractivity contribution >= 4 is 23.6 Å². The van der Waals surface area contributed by atoms with Crippen molar-refractivity contribution in [1.29, 1.82) is 0 Å². The van der Waals surface area contributed by atoms with Crippen LogP contribution in [-0.2, 0) is 9.59 Å². The van der Waals surface area contributed by atoms with Gasteiger partial charge in [0, 0.05) is 29.7 Å². The highest BCUT2D eigenvalue weighted by atomic mass is 32.2. The number of rotatable bonds is 5. The summed E-state index contributed by atoms with van der Waals surface area (Å²) in [5.74, 6) is -1.16. The molecule has 0 aromatic heterocycles. The number of hydrogen-bond acceptors (Lipinski definition) is 3. The highest BCUT2D eigenvalue weighted by Gasteiger charge is 2.32. The molecule has 1 amide bonds. The fourth-order valence-electron chi connectivity index (χ4n) is 2.61. The van der Waals surface area contributed by atoms with E-state index >= 15 is 0 Å². The molecule has 2 unspecified atom stereocenters. The van der Waals surface area contributed by atoms with Crippen LogP contribution in [0, 0.1) is 11.7 Å². The second kappa shape index (κ2) is 7.63. The number of benzene rings is 1. The van der Waals surface area contributed by atoms with E-state index in [1.54, 1.807) is 23.1 Å². The number of hydrogen-bond donors (Lipinski definition) is 1. The Morgan fingerprint density at radius 1 is 1.36 bits per heavy atom. The topological polar surface area (TPSA) is 57.6 Å². The predicted octanol–water partition coefficient (Wildman–Crippen LogP) is 3.02. The van der Waals surface area contributed by atoms with Gasteiger partial charge in [0.15, 0.2) is 0 Å². The number of thioether (sulfide) groups is 1. The van der Waals surface area contributed by atoms with Crippen molar-refractivity contribution in [3.63, 3.8) is 0 Å². The summed E-state index contributed by atoms with van der Waals surface area (Å²) >= 11 is 1.31. The Morgan fingerprint density at radius 3 is 2.77 bits per heavy atom. The van der Waals surface area contributed by atoms with Crippen LogP contribution in [0.3, 0.4) is 0 Å². The number of carboxylic acids is 1. The summed E-state index contributed by atoms with van der Waals surface area (Å²) < 4.78 is 13.5. The summed E-state index contributed by atoms with van der Waals surface area (Å²) in [4.78, 5) is 25.5. The molecule has 0 bridgehead atoms. The standard InChI is InChI=1S/C16H20FNO3S/c1-11-6-7-12(16(20)21)10-18(11)15(19)8-9-22-14-5-3-2-4-13(14)17/h2-5,11-12H,6-10H2,1H3,(H,20,21). The van der Waals surface area contributed by atoms with Crippen LogP contribution in [0.4, 0.5) is 4.39 Å². The summed E-state index contributed by atoms with van der Waals surface area (Å²) in [5.41, 5.74) is 0. The molecule has 0 aliphatic carbocycles. The van der Waals surface area contributed by atoms with E-state index in [4.69, 9.17) is 5.11 Å². The molecule has 2 atom stereocenters. The minimum absolute atomic E-state index is 0.0534. The molecule has 6 heteroatoms. The SMILES string of the molecule is CC1CCC(C(=O)O)CN1C(=O)CCSc1ccccc1F. The first-order valence-corrected chi connectivity index (χ1v) is 8.37. The Morgan fingerprint density at radius 2 is 2.09 bits per heavy atom. The fourth-order valence-corrected chi connectivity index (χ4v) is 3.49. The third kappa shape index (κ3) is 4.22. The molecule has 0 radical (unpaired) electrons. The lowest BCUT2D eigenvalue weighted by Gasteiger charge is -2.36. The van der Waals surface area contributed by atoms with Gasteiger partial charge in [-0.3, -0.25) is 9.59 Å². The second-order valence-electron chi connectivity index (χ2n) is 5.54. The Kier molecular flexibility index (Phi) is 5.83.